The number of carbonyl (C=O) groups excluding carboxylic acids is 1. The van der Waals surface area contributed by atoms with Gasteiger partial charge in [0.2, 0.25) is 0 Å². The average Bonchev–Trinajstić information content (AvgIpc) is 2.96. The molecule has 1 aliphatic carbocycles. The smallest absolute Gasteiger partial charge is 0.312 e. The Morgan fingerprint density at radius 2 is 2.23 bits per heavy atom. The second-order valence-electron chi connectivity index (χ2n) is 4.24. The van der Waals surface area contributed by atoms with Gasteiger partial charge in [-0.05, 0) is 25.7 Å². The maximum absolute atomic E-state index is 11.4. The van der Waals surface area contributed by atoms with Gasteiger partial charge in [0, 0.05) is 6.54 Å². The Bertz CT molecular complexity index is 189. The summed E-state index contributed by atoms with van der Waals surface area (Å²) in [7, 11) is 1.42. The second kappa shape index (κ2) is 4.09. The molecule has 0 heterocycles. The summed E-state index contributed by atoms with van der Waals surface area (Å²) in [6.07, 6.45) is 4.62. The third-order valence-corrected chi connectivity index (χ3v) is 2.93. The standard InChI is InChI=1S/C10H19NO2/c1-10(7-11,9(12)13-2)6-5-8-3-4-8/h8H,3-7,11H2,1-2H3. The molecule has 0 aromatic carbocycles. The van der Waals surface area contributed by atoms with E-state index in [9.17, 15) is 4.79 Å². The summed E-state index contributed by atoms with van der Waals surface area (Å²) in [5.74, 6) is 0.672. The largest absolute Gasteiger partial charge is 0.469 e. The number of rotatable bonds is 5. The normalized spacial score (nSPS) is 20.8. The molecule has 13 heavy (non-hydrogen) atoms. The number of hydrogen-bond acceptors (Lipinski definition) is 3. The van der Waals surface area contributed by atoms with Crippen LogP contribution in [-0.2, 0) is 9.53 Å². The van der Waals surface area contributed by atoms with Crippen LogP contribution < -0.4 is 5.73 Å². The van der Waals surface area contributed by atoms with E-state index < -0.39 is 5.41 Å². The maximum Gasteiger partial charge on any atom is 0.312 e. The quantitative estimate of drug-likeness (QED) is 0.657. The Morgan fingerprint density at radius 3 is 2.62 bits per heavy atom. The third kappa shape index (κ3) is 2.69. The van der Waals surface area contributed by atoms with Gasteiger partial charge in [-0.25, -0.2) is 0 Å². The van der Waals surface area contributed by atoms with E-state index in [1.165, 1.54) is 20.0 Å². The lowest BCUT2D eigenvalue weighted by Gasteiger charge is -2.24. The van der Waals surface area contributed by atoms with Gasteiger partial charge in [-0.3, -0.25) is 4.79 Å². The van der Waals surface area contributed by atoms with Gasteiger partial charge in [0.15, 0.2) is 0 Å². The van der Waals surface area contributed by atoms with Crippen LogP contribution in [0.3, 0.4) is 0 Å². The van der Waals surface area contributed by atoms with E-state index in [1.807, 2.05) is 6.92 Å². The highest BCUT2D eigenvalue weighted by Gasteiger charge is 2.34. The SMILES string of the molecule is COC(=O)C(C)(CN)CCC1CC1. The lowest BCUT2D eigenvalue weighted by atomic mass is 9.85. The zero-order valence-corrected chi connectivity index (χ0v) is 8.51. The van der Waals surface area contributed by atoms with Crippen LogP contribution in [0.2, 0.25) is 0 Å². The van der Waals surface area contributed by atoms with Crippen LogP contribution in [0.15, 0.2) is 0 Å². The van der Waals surface area contributed by atoms with Crippen LogP contribution in [0.25, 0.3) is 0 Å². The molecule has 0 spiro atoms. The first kappa shape index (κ1) is 10.5. The van der Waals surface area contributed by atoms with E-state index in [0.717, 1.165) is 18.8 Å². The molecule has 0 aromatic heterocycles. The average molecular weight is 185 g/mol. The van der Waals surface area contributed by atoms with Crippen LogP contribution in [0.4, 0.5) is 0 Å². The molecule has 2 N–H and O–H groups in total. The minimum atomic E-state index is -0.461. The molecule has 1 unspecified atom stereocenters. The van der Waals surface area contributed by atoms with Gasteiger partial charge in [0.05, 0.1) is 12.5 Å². The molecule has 0 saturated heterocycles. The van der Waals surface area contributed by atoms with E-state index in [-0.39, 0.29) is 5.97 Å². The summed E-state index contributed by atoms with van der Waals surface area (Å²) in [5, 5.41) is 0. The summed E-state index contributed by atoms with van der Waals surface area (Å²) in [5.41, 5.74) is 5.13. The van der Waals surface area contributed by atoms with Crippen LogP contribution in [0, 0.1) is 11.3 Å². The van der Waals surface area contributed by atoms with Crippen LogP contribution in [-0.4, -0.2) is 19.6 Å². The zero-order chi connectivity index (χ0) is 9.90. The van der Waals surface area contributed by atoms with E-state index in [1.54, 1.807) is 0 Å². The number of methoxy groups -OCH3 is 1. The minimum absolute atomic E-state index is 0.171. The van der Waals surface area contributed by atoms with Crippen molar-refractivity contribution in [2.75, 3.05) is 13.7 Å². The fourth-order valence-electron chi connectivity index (χ4n) is 1.46. The van der Waals surface area contributed by atoms with Gasteiger partial charge in [-0.1, -0.05) is 12.8 Å². The Labute approximate surface area is 79.6 Å². The number of nitrogens with two attached hydrogens (primary N) is 1. The molecule has 0 bridgehead atoms. The zero-order valence-electron chi connectivity index (χ0n) is 8.51. The maximum atomic E-state index is 11.4. The predicted octanol–water partition coefficient (Wildman–Crippen LogP) is 1.31. The summed E-state index contributed by atoms with van der Waals surface area (Å²) in [6, 6.07) is 0. The fraction of sp³-hybridized carbons (Fsp3) is 0.900. The van der Waals surface area contributed by atoms with Crippen molar-refractivity contribution in [2.24, 2.45) is 17.1 Å². The van der Waals surface area contributed by atoms with Crippen LogP contribution in [0.1, 0.15) is 32.6 Å². The van der Waals surface area contributed by atoms with E-state index in [0.29, 0.717) is 6.54 Å². The molecule has 0 radical (unpaired) electrons. The second-order valence-corrected chi connectivity index (χ2v) is 4.24. The van der Waals surface area contributed by atoms with Gasteiger partial charge in [0.1, 0.15) is 0 Å². The highest BCUT2D eigenvalue weighted by molar-refractivity contribution is 5.76. The van der Waals surface area contributed by atoms with Gasteiger partial charge in [-0.15, -0.1) is 0 Å². The molecule has 1 atom stereocenters. The third-order valence-electron chi connectivity index (χ3n) is 2.93. The number of ether oxygens (including phenoxy) is 1. The molecular formula is C10H19NO2. The van der Waals surface area contributed by atoms with E-state index in [4.69, 9.17) is 10.5 Å². The molecule has 0 amide bonds. The molecule has 3 heteroatoms. The van der Waals surface area contributed by atoms with Crippen molar-refractivity contribution in [3.63, 3.8) is 0 Å². The monoisotopic (exact) mass is 185 g/mol. The van der Waals surface area contributed by atoms with Crippen molar-refractivity contribution in [1.82, 2.24) is 0 Å². The Hall–Kier alpha value is -0.570. The number of esters is 1. The van der Waals surface area contributed by atoms with Crippen LogP contribution >= 0.6 is 0 Å². The fourth-order valence-corrected chi connectivity index (χ4v) is 1.46. The summed E-state index contributed by atoms with van der Waals surface area (Å²) in [6.45, 7) is 2.27. The highest BCUT2D eigenvalue weighted by Crippen LogP contribution is 2.37. The Kier molecular flexibility index (Phi) is 3.31. The topological polar surface area (TPSA) is 52.3 Å². The van der Waals surface area contributed by atoms with Crippen molar-refractivity contribution >= 4 is 5.97 Å². The summed E-state index contributed by atoms with van der Waals surface area (Å²) >= 11 is 0. The summed E-state index contributed by atoms with van der Waals surface area (Å²) in [4.78, 5) is 11.4. The molecule has 1 aliphatic rings. The lowest BCUT2D eigenvalue weighted by molar-refractivity contribution is -0.151. The molecule has 1 saturated carbocycles. The first-order valence-electron chi connectivity index (χ1n) is 4.91. The molecule has 76 valence electrons. The first-order valence-corrected chi connectivity index (χ1v) is 4.91. The van der Waals surface area contributed by atoms with Gasteiger partial charge >= 0.3 is 5.97 Å². The first-order chi connectivity index (χ1) is 6.12. The minimum Gasteiger partial charge on any atom is -0.469 e. The lowest BCUT2D eigenvalue weighted by Crippen LogP contribution is -2.36. The Morgan fingerprint density at radius 1 is 1.62 bits per heavy atom. The van der Waals surface area contributed by atoms with Gasteiger partial charge in [0.25, 0.3) is 0 Å². The number of carbonyl (C=O) groups is 1. The van der Waals surface area contributed by atoms with Crippen LogP contribution in [0.5, 0.6) is 0 Å². The molecule has 1 fully saturated rings. The van der Waals surface area contributed by atoms with Gasteiger partial charge < -0.3 is 10.5 Å². The van der Waals surface area contributed by atoms with Crippen molar-refractivity contribution < 1.29 is 9.53 Å². The van der Waals surface area contributed by atoms with E-state index in [2.05, 4.69) is 0 Å². The van der Waals surface area contributed by atoms with Crippen molar-refractivity contribution in [3.8, 4) is 0 Å². The predicted molar refractivity (Wildman–Crippen MR) is 51.1 cm³/mol. The molecule has 0 aliphatic heterocycles. The van der Waals surface area contributed by atoms with Crippen molar-refractivity contribution in [2.45, 2.75) is 32.6 Å². The highest BCUT2D eigenvalue weighted by atomic mass is 16.5. The molecule has 0 aromatic rings. The summed E-state index contributed by atoms with van der Waals surface area (Å²) < 4.78 is 4.74. The number of hydrogen-bond donors (Lipinski definition) is 1. The molecular weight excluding hydrogens is 166 g/mol. The molecule has 3 nitrogen and oxygen atoms in total. The molecule has 1 rings (SSSR count). The van der Waals surface area contributed by atoms with Crippen molar-refractivity contribution in [1.29, 1.82) is 0 Å². The Balaban J connectivity index is 2.40. The van der Waals surface area contributed by atoms with Crippen molar-refractivity contribution in [3.05, 3.63) is 0 Å². The van der Waals surface area contributed by atoms with Gasteiger partial charge in [-0.2, -0.15) is 0 Å². The van der Waals surface area contributed by atoms with E-state index >= 15 is 0 Å².